The third kappa shape index (κ3) is 2.71. The molecule has 1 heterocycles. The fourth-order valence-electron chi connectivity index (χ4n) is 1.69. The van der Waals surface area contributed by atoms with Crippen molar-refractivity contribution >= 4 is 11.6 Å². The molecule has 94 valence electrons. The monoisotopic (exact) mass is 244 g/mol. The van der Waals surface area contributed by atoms with Gasteiger partial charge in [0.25, 0.3) is 5.91 Å². The second-order valence-corrected chi connectivity index (χ2v) is 3.92. The van der Waals surface area contributed by atoms with Crippen molar-refractivity contribution in [1.29, 1.82) is 0 Å². The molecule has 4 heteroatoms. The number of aryl methyl sites for hydroxylation is 1. The van der Waals surface area contributed by atoms with E-state index < -0.39 is 0 Å². The molecule has 1 N–H and O–H groups in total. The lowest BCUT2D eigenvalue weighted by Gasteiger charge is -2.07. The third-order valence-corrected chi connectivity index (χ3v) is 2.60. The maximum Gasteiger partial charge on any atom is 0.272 e. The highest BCUT2D eigenvalue weighted by Crippen LogP contribution is 2.16. The zero-order valence-electron chi connectivity index (χ0n) is 10.5. The second-order valence-electron chi connectivity index (χ2n) is 3.92. The number of anilines is 1. The van der Waals surface area contributed by atoms with Gasteiger partial charge in [0.2, 0.25) is 0 Å². The third-order valence-electron chi connectivity index (χ3n) is 2.60. The number of rotatable bonds is 4. The average Bonchev–Trinajstić information content (AvgIpc) is 2.78. The van der Waals surface area contributed by atoms with Crippen LogP contribution in [0.1, 0.15) is 17.4 Å². The van der Waals surface area contributed by atoms with E-state index in [0.29, 0.717) is 12.3 Å². The predicted octanol–water partition coefficient (Wildman–Crippen LogP) is 2.68. The summed E-state index contributed by atoms with van der Waals surface area (Å²) in [6.07, 6.45) is 1.84. The number of aromatic nitrogens is 1. The van der Waals surface area contributed by atoms with Crippen LogP contribution >= 0.6 is 0 Å². The van der Waals surface area contributed by atoms with Gasteiger partial charge in [-0.2, -0.15) is 0 Å². The van der Waals surface area contributed by atoms with Gasteiger partial charge in [-0.15, -0.1) is 0 Å². The SMILES string of the molecule is CCOc1ccc(NC(=O)c2cccn2C)cc1. The molecule has 1 amide bonds. The number of carbonyl (C=O) groups excluding carboxylic acids is 1. The van der Waals surface area contributed by atoms with E-state index in [1.165, 1.54) is 0 Å². The molecule has 18 heavy (non-hydrogen) atoms. The maximum atomic E-state index is 11.9. The Morgan fingerprint density at radius 1 is 1.28 bits per heavy atom. The van der Waals surface area contributed by atoms with Gasteiger partial charge in [0.05, 0.1) is 6.61 Å². The standard InChI is InChI=1S/C14H16N2O2/c1-3-18-12-8-6-11(7-9-12)15-14(17)13-5-4-10-16(13)2/h4-10H,3H2,1-2H3,(H,15,17). The van der Waals surface area contributed by atoms with Crippen LogP contribution in [0.4, 0.5) is 5.69 Å². The van der Waals surface area contributed by atoms with Crippen LogP contribution in [0, 0.1) is 0 Å². The molecule has 0 fully saturated rings. The highest BCUT2D eigenvalue weighted by molar-refractivity contribution is 6.03. The lowest BCUT2D eigenvalue weighted by atomic mass is 10.3. The van der Waals surface area contributed by atoms with E-state index in [4.69, 9.17) is 4.74 Å². The van der Waals surface area contributed by atoms with Gasteiger partial charge in [-0.1, -0.05) is 0 Å². The molecule has 1 aromatic carbocycles. The summed E-state index contributed by atoms with van der Waals surface area (Å²) in [5, 5.41) is 2.84. The van der Waals surface area contributed by atoms with Crippen molar-refractivity contribution in [1.82, 2.24) is 4.57 Å². The molecule has 2 rings (SSSR count). The summed E-state index contributed by atoms with van der Waals surface area (Å²) in [4.78, 5) is 11.9. The summed E-state index contributed by atoms with van der Waals surface area (Å²) in [5.74, 6) is 0.682. The van der Waals surface area contributed by atoms with Crippen LogP contribution in [-0.4, -0.2) is 17.1 Å². The molecular weight excluding hydrogens is 228 g/mol. The summed E-state index contributed by atoms with van der Waals surface area (Å²) in [6, 6.07) is 10.9. The highest BCUT2D eigenvalue weighted by atomic mass is 16.5. The zero-order valence-corrected chi connectivity index (χ0v) is 10.5. The van der Waals surface area contributed by atoms with Crippen LogP contribution in [-0.2, 0) is 7.05 Å². The Labute approximate surface area is 106 Å². The molecule has 0 unspecified atom stereocenters. The molecule has 0 bridgehead atoms. The molecule has 0 spiro atoms. The van der Waals surface area contributed by atoms with Crippen LogP contribution in [0.5, 0.6) is 5.75 Å². The van der Waals surface area contributed by atoms with Crippen LogP contribution in [0.15, 0.2) is 42.6 Å². The number of hydrogen-bond acceptors (Lipinski definition) is 2. The Morgan fingerprint density at radius 2 is 2.00 bits per heavy atom. The first-order valence-corrected chi connectivity index (χ1v) is 5.86. The molecule has 0 aliphatic carbocycles. The number of nitrogens with one attached hydrogen (secondary N) is 1. The van der Waals surface area contributed by atoms with Crippen LogP contribution < -0.4 is 10.1 Å². The number of ether oxygens (including phenoxy) is 1. The number of nitrogens with zero attached hydrogens (tertiary/aromatic N) is 1. The van der Waals surface area contributed by atoms with E-state index in [9.17, 15) is 4.79 Å². The molecule has 2 aromatic rings. The predicted molar refractivity (Wildman–Crippen MR) is 71.0 cm³/mol. The first-order valence-electron chi connectivity index (χ1n) is 5.86. The first kappa shape index (κ1) is 12.2. The van der Waals surface area contributed by atoms with Crippen molar-refractivity contribution < 1.29 is 9.53 Å². The minimum Gasteiger partial charge on any atom is -0.494 e. The van der Waals surface area contributed by atoms with Gasteiger partial charge >= 0.3 is 0 Å². The van der Waals surface area contributed by atoms with Crippen molar-refractivity contribution in [2.24, 2.45) is 7.05 Å². The van der Waals surface area contributed by atoms with Crippen molar-refractivity contribution in [2.45, 2.75) is 6.92 Å². The molecule has 0 radical (unpaired) electrons. The molecule has 0 atom stereocenters. The Hall–Kier alpha value is -2.23. The first-order chi connectivity index (χ1) is 8.70. The Kier molecular flexibility index (Phi) is 3.67. The maximum absolute atomic E-state index is 11.9. The van der Waals surface area contributed by atoms with Gasteiger partial charge in [0.15, 0.2) is 0 Å². The van der Waals surface area contributed by atoms with Gasteiger partial charge in [-0.3, -0.25) is 4.79 Å². The number of benzene rings is 1. The number of hydrogen-bond donors (Lipinski definition) is 1. The Bertz CT molecular complexity index is 529. The van der Waals surface area contributed by atoms with Crippen LogP contribution in [0.25, 0.3) is 0 Å². The molecule has 0 aliphatic heterocycles. The van der Waals surface area contributed by atoms with Gasteiger partial charge in [0, 0.05) is 18.9 Å². The van der Waals surface area contributed by atoms with E-state index in [1.807, 2.05) is 50.5 Å². The highest BCUT2D eigenvalue weighted by Gasteiger charge is 2.08. The van der Waals surface area contributed by atoms with E-state index in [0.717, 1.165) is 11.4 Å². The molecular formula is C14H16N2O2. The zero-order chi connectivity index (χ0) is 13.0. The molecule has 0 saturated heterocycles. The number of carbonyl (C=O) groups is 1. The lowest BCUT2D eigenvalue weighted by molar-refractivity contribution is 0.101. The van der Waals surface area contributed by atoms with Crippen LogP contribution in [0.2, 0.25) is 0 Å². The summed E-state index contributed by atoms with van der Waals surface area (Å²) >= 11 is 0. The van der Waals surface area contributed by atoms with Gasteiger partial charge in [-0.05, 0) is 43.3 Å². The molecule has 0 saturated carbocycles. The molecule has 1 aromatic heterocycles. The van der Waals surface area contributed by atoms with Gasteiger partial charge in [-0.25, -0.2) is 0 Å². The summed E-state index contributed by atoms with van der Waals surface area (Å²) in [6.45, 7) is 2.57. The Balaban J connectivity index is 2.05. The largest absolute Gasteiger partial charge is 0.494 e. The van der Waals surface area contributed by atoms with E-state index >= 15 is 0 Å². The smallest absolute Gasteiger partial charge is 0.272 e. The fourth-order valence-corrected chi connectivity index (χ4v) is 1.69. The molecule has 0 aliphatic rings. The van der Waals surface area contributed by atoms with Crippen molar-refractivity contribution in [2.75, 3.05) is 11.9 Å². The van der Waals surface area contributed by atoms with E-state index in [1.54, 1.807) is 10.6 Å². The fraction of sp³-hybridized carbons (Fsp3) is 0.214. The van der Waals surface area contributed by atoms with Crippen molar-refractivity contribution in [3.05, 3.63) is 48.3 Å². The quantitative estimate of drug-likeness (QED) is 0.898. The summed E-state index contributed by atoms with van der Waals surface area (Å²) < 4.78 is 7.12. The minimum absolute atomic E-state index is 0.119. The van der Waals surface area contributed by atoms with Crippen LogP contribution in [0.3, 0.4) is 0 Å². The Morgan fingerprint density at radius 3 is 2.56 bits per heavy atom. The van der Waals surface area contributed by atoms with E-state index in [2.05, 4.69) is 5.32 Å². The average molecular weight is 244 g/mol. The van der Waals surface area contributed by atoms with Gasteiger partial charge in [0.1, 0.15) is 11.4 Å². The van der Waals surface area contributed by atoms with E-state index in [-0.39, 0.29) is 5.91 Å². The van der Waals surface area contributed by atoms with Gasteiger partial charge < -0.3 is 14.6 Å². The second kappa shape index (κ2) is 5.40. The number of amides is 1. The topological polar surface area (TPSA) is 43.3 Å². The van der Waals surface area contributed by atoms with Crippen molar-refractivity contribution in [3.8, 4) is 5.75 Å². The summed E-state index contributed by atoms with van der Waals surface area (Å²) in [7, 11) is 1.84. The van der Waals surface area contributed by atoms with Crippen molar-refractivity contribution in [3.63, 3.8) is 0 Å². The minimum atomic E-state index is -0.119. The lowest BCUT2D eigenvalue weighted by Crippen LogP contribution is -2.15. The normalized spacial score (nSPS) is 10.1. The molecule has 4 nitrogen and oxygen atoms in total. The summed E-state index contributed by atoms with van der Waals surface area (Å²) in [5.41, 5.74) is 1.38.